The van der Waals surface area contributed by atoms with Crippen LogP contribution in [0.5, 0.6) is 0 Å². The van der Waals surface area contributed by atoms with Crippen molar-refractivity contribution < 1.29 is 4.79 Å². The summed E-state index contributed by atoms with van der Waals surface area (Å²) >= 11 is 0. The molecule has 0 aliphatic rings. The van der Waals surface area contributed by atoms with Crippen LogP contribution in [-0.4, -0.2) is 26.5 Å². The maximum Gasteiger partial charge on any atom is 0.336 e. The van der Waals surface area contributed by atoms with Crippen LogP contribution in [0.3, 0.4) is 0 Å². The Morgan fingerprint density at radius 2 is 1.53 bits per heavy atom. The number of amides is 1. The summed E-state index contributed by atoms with van der Waals surface area (Å²) in [5.41, 5.74) is 2.06. The molecule has 0 aliphatic heterocycles. The van der Waals surface area contributed by atoms with Crippen LogP contribution in [0.15, 0.2) is 88.5 Å². The molecule has 0 aliphatic carbocycles. The second-order valence-corrected chi connectivity index (χ2v) is 7.76. The number of carbonyl (C=O) groups excluding carboxylic acids is 1. The molecule has 3 aromatic carbocycles. The lowest BCUT2D eigenvalue weighted by Gasteiger charge is -2.22. The summed E-state index contributed by atoms with van der Waals surface area (Å²) < 4.78 is 2.54. The topological polar surface area (TPSA) is 64.3 Å². The van der Waals surface area contributed by atoms with Crippen LogP contribution < -0.4 is 11.2 Å². The lowest BCUT2D eigenvalue weighted by atomic mass is 10.2. The number of hydrogen-bond donors (Lipinski definition) is 0. The van der Waals surface area contributed by atoms with E-state index in [-0.39, 0.29) is 12.5 Å². The molecule has 4 aromatic rings. The number of nitrogens with zero attached hydrogens (tertiary/aromatic N) is 3. The minimum atomic E-state index is -0.526. The lowest BCUT2D eigenvalue weighted by Crippen LogP contribution is -2.42. The van der Waals surface area contributed by atoms with Gasteiger partial charge in [0.15, 0.2) is 0 Å². The predicted molar refractivity (Wildman–Crippen MR) is 126 cm³/mol. The Kier molecular flexibility index (Phi) is 6.03. The monoisotopic (exact) mass is 427 g/mol. The van der Waals surface area contributed by atoms with Crippen molar-refractivity contribution in [1.29, 1.82) is 0 Å². The van der Waals surface area contributed by atoms with Gasteiger partial charge in [0.05, 0.1) is 16.6 Å². The SMILES string of the molecule is CCN(Cc1ccccc1)C(=O)Cn1c(=O)n(-c2ccc(C)cc2)c(=O)c2ccccc21. The fourth-order valence-electron chi connectivity index (χ4n) is 3.81. The highest BCUT2D eigenvalue weighted by atomic mass is 16.2. The first-order chi connectivity index (χ1) is 15.5. The Labute approximate surface area is 186 Å². The van der Waals surface area contributed by atoms with E-state index >= 15 is 0 Å². The number of hydrogen-bond acceptors (Lipinski definition) is 3. The Morgan fingerprint density at radius 3 is 2.22 bits per heavy atom. The van der Waals surface area contributed by atoms with Gasteiger partial charge in [-0.15, -0.1) is 0 Å². The van der Waals surface area contributed by atoms with Crippen LogP contribution in [0.4, 0.5) is 0 Å². The zero-order valence-electron chi connectivity index (χ0n) is 18.2. The van der Waals surface area contributed by atoms with Gasteiger partial charge in [-0.2, -0.15) is 0 Å². The van der Waals surface area contributed by atoms with Crippen LogP contribution in [-0.2, 0) is 17.9 Å². The van der Waals surface area contributed by atoms with Crippen molar-refractivity contribution in [1.82, 2.24) is 14.0 Å². The molecule has 6 nitrogen and oxygen atoms in total. The number of carbonyl (C=O) groups is 1. The minimum Gasteiger partial charge on any atom is -0.337 e. The standard InChI is InChI=1S/C26H25N3O3/c1-3-27(17-20-9-5-4-6-10-20)24(30)18-28-23-12-8-7-11-22(23)25(31)29(26(28)32)21-15-13-19(2)14-16-21/h4-16H,3,17-18H2,1-2H3. The molecule has 0 saturated heterocycles. The molecule has 32 heavy (non-hydrogen) atoms. The van der Waals surface area contributed by atoms with Crippen LogP contribution in [0.1, 0.15) is 18.1 Å². The highest BCUT2D eigenvalue weighted by Crippen LogP contribution is 2.12. The molecule has 4 rings (SSSR count). The maximum absolute atomic E-state index is 13.4. The second-order valence-electron chi connectivity index (χ2n) is 7.76. The largest absolute Gasteiger partial charge is 0.337 e. The van der Waals surface area contributed by atoms with Gasteiger partial charge in [0.25, 0.3) is 5.56 Å². The first kappa shape index (κ1) is 21.3. The van der Waals surface area contributed by atoms with Gasteiger partial charge in [0.2, 0.25) is 5.91 Å². The van der Waals surface area contributed by atoms with E-state index in [1.807, 2.05) is 56.3 Å². The number of para-hydroxylation sites is 1. The Hall–Kier alpha value is -3.93. The number of likely N-dealkylation sites (N-methyl/N-ethyl adjacent to an activating group) is 1. The summed E-state index contributed by atoms with van der Waals surface area (Å²) in [4.78, 5) is 41.5. The van der Waals surface area contributed by atoms with E-state index < -0.39 is 11.2 Å². The molecule has 0 atom stereocenters. The van der Waals surface area contributed by atoms with E-state index in [1.165, 1.54) is 4.57 Å². The van der Waals surface area contributed by atoms with Crippen molar-refractivity contribution in [3.63, 3.8) is 0 Å². The number of fused-ring (bicyclic) bond motifs is 1. The van der Waals surface area contributed by atoms with Crippen LogP contribution in [0, 0.1) is 6.92 Å². The molecule has 0 unspecified atom stereocenters. The molecule has 0 bridgehead atoms. The zero-order valence-corrected chi connectivity index (χ0v) is 18.2. The fourth-order valence-corrected chi connectivity index (χ4v) is 3.81. The number of aryl methyl sites for hydroxylation is 1. The highest BCUT2D eigenvalue weighted by molar-refractivity contribution is 5.82. The summed E-state index contributed by atoms with van der Waals surface area (Å²) in [5.74, 6) is -0.183. The molecule has 1 amide bonds. The van der Waals surface area contributed by atoms with Crippen molar-refractivity contribution >= 4 is 16.8 Å². The Bertz CT molecular complexity index is 1370. The van der Waals surface area contributed by atoms with E-state index in [2.05, 4.69) is 0 Å². The van der Waals surface area contributed by atoms with Crippen molar-refractivity contribution in [3.8, 4) is 5.69 Å². The molecular formula is C26H25N3O3. The Balaban J connectivity index is 1.79. The van der Waals surface area contributed by atoms with Crippen molar-refractivity contribution in [2.75, 3.05) is 6.54 Å². The highest BCUT2D eigenvalue weighted by Gasteiger charge is 2.19. The molecular weight excluding hydrogens is 402 g/mol. The number of rotatable bonds is 6. The van der Waals surface area contributed by atoms with Crippen molar-refractivity contribution in [2.24, 2.45) is 0 Å². The van der Waals surface area contributed by atoms with Gasteiger partial charge in [-0.3, -0.25) is 14.2 Å². The number of aromatic nitrogens is 2. The smallest absolute Gasteiger partial charge is 0.336 e. The molecule has 162 valence electrons. The molecule has 1 aromatic heterocycles. The van der Waals surface area contributed by atoms with Gasteiger partial charge in [-0.25, -0.2) is 9.36 Å². The van der Waals surface area contributed by atoms with Gasteiger partial charge >= 0.3 is 5.69 Å². The average molecular weight is 428 g/mol. The van der Waals surface area contributed by atoms with E-state index in [1.54, 1.807) is 41.3 Å². The minimum absolute atomic E-state index is 0.147. The summed E-state index contributed by atoms with van der Waals surface area (Å²) in [6.45, 7) is 4.68. The van der Waals surface area contributed by atoms with Crippen molar-refractivity contribution in [3.05, 3.63) is 111 Å². The third-order valence-electron chi connectivity index (χ3n) is 5.59. The summed E-state index contributed by atoms with van der Waals surface area (Å²) in [6.07, 6.45) is 0. The second kappa shape index (κ2) is 9.06. The van der Waals surface area contributed by atoms with Crippen LogP contribution >= 0.6 is 0 Å². The zero-order chi connectivity index (χ0) is 22.7. The fraction of sp³-hybridized carbons (Fsp3) is 0.192. The summed E-state index contributed by atoms with van der Waals surface area (Å²) in [7, 11) is 0. The van der Waals surface area contributed by atoms with E-state index in [4.69, 9.17) is 0 Å². The lowest BCUT2D eigenvalue weighted by molar-refractivity contribution is -0.132. The maximum atomic E-state index is 13.4. The molecule has 0 saturated carbocycles. The van der Waals surface area contributed by atoms with E-state index in [0.29, 0.717) is 29.7 Å². The summed E-state index contributed by atoms with van der Waals surface area (Å²) in [5, 5.41) is 0.395. The first-order valence-corrected chi connectivity index (χ1v) is 10.6. The van der Waals surface area contributed by atoms with Gasteiger partial charge in [0, 0.05) is 13.1 Å². The average Bonchev–Trinajstić information content (AvgIpc) is 2.82. The van der Waals surface area contributed by atoms with Crippen LogP contribution in [0.25, 0.3) is 16.6 Å². The third-order valence-corrected chi connectivity index (χ3v) is 5.59. The molecule has 1 heterocycles. The van der Waals surface area contributed by atoms with Gasteiger partial charge < -0.3 is 4.90 Å². The molecule has 0 N–H and O–H groups in total. The predicted octanol–water partition coefficient (Wildman–Crippen LogP) is 3.51. The molecule has 0 spiro atoms. The quantitative estimate of drug-likeness (QED) is 0.473. The van der Waals surface area contributed by atoms with Crippen molar-refractivity contribution in [2.45, 2.75) is 26.9 Å². The van der Waals surface area contributed by atoms with Gasteiger partial charge in [-0.1, -0.05) is 60.2 Å². The summed E-state index contributed by atoms with van der Waals surface area (Å²) in [6, 6.07) is 23.8. The van der Waals surface area contributed by atoms with Gasteiger partial charge in [0.1, 0.15) is 6.54 Å². The molecule has 0 radical (unpaired) electrons. The van der Waals surface area contributed by atoms with E-state index in [9.17, 15) is 14.4 Å². The normalized spacial score (nSPS) is 10.9. The van der Waals surface area contributed by atoms with Crippen LogP contribution in [0.2, 0.25) is 0 Å². The van der Waals surface area contributed by atoms with Gasteiger partial charge in [-0.05, 0) is 43.7 Å². The molecule has 6 heteroatoms. The first-order valence-electron chi connectivity index (χ1n) is 10.6. The Morgan fingerprint density at radius 1 is 0.875 bits per heavy atom. The van der Waals surface area contributed by atoms with E-state index in [0.717, 1.165) is 15.7 Å². The third kappa shape index (κ3) is 4.12. The molecule has 0 fully saturated rings. The number of benzene rings is 3.